The minimum absolute atomic E-state index is 0.00991. The van der Waals surface area contributed by atoms with E-state index >= 15 is 0 Å². The van der Waals surface area contributed by atoms with E-state index in [1.807, 2.05) is 0 Å². The highest BCUT2D eigenvalue weighted by Crippen LogP contribution is 2.30. The summed E-state index contributed by atoms with van der Waals surface area (Å²) in [5, 5.41) is 0. The largest absolute Gasteiger partial charge is 0.479 e. The number of rotatable bonds is 8. The van der Waals surface area contributed by atoms with E-state index in [0.29, 0.717) is 16.7 Å². The Labute approximate surface area is 183 Å². The van der Waals surface area contributed by atoms with Gasteiger partial charge in [-0.1, -0.05) is 18.2 Å². The summed E-state index contributed by atoms with van der Waals surface area (Å²) in [6.45, 7) is 2.95. The summed E-state index contributed by atoms with van der Waals surface area (Å²) >= 11 is 0. The predicted molar refractivity (Wildman–Crippen MR) is 112 cm³/mol. The van der Waals surface area contributed by atoms with Crippen LogP contribution < -0.4 is 4.74 Å². The molecular weight excluding hydrogens is 424 g/mol. The Morgan fingerprint density at radius 3 is 2.31 bits per heavy atom. The summed E-state index contributed by atoms with van der Waals surface area (Å²) < 4.78 is 67.1. The minimum Gasteiger partial charge on any atom is -0.479 e. The fraction of sp³-hybridized carbons (Fsp3) is 0.240. The molecule has 168 valence electrons. The van der Waals surface area contributed by atoms with Crippen molar-refractivity contribution in [3.05, 3.63) is 88.5 Å². The van der Waals surface area contributed by atoms with Gasteiger partial charge in [0.05, 0.1) is 6.61 Å². The van der Waals surface area contributed by atoms with E-state index in [0.717, 1.165) is 12.1 Å². The zero-order valence-corrected chi connectivity index (χ0v) is 17.7. The topological polar surface area (TPSA) is 35.5 Å². The quantitative estimate of drug-likeness (QED) is 0.317. The molecule has 0 saturated heterocycles. The first-order valence-corrected chi connectivity index (χ1v) is 10.1. The second kappa shape index (κ2) is 10.3. The van der Waals surface area contributed by atoms with Gasteiger partial charge in [-0.05, 0) is 79.3 Å². The zero-order valence-electron chi connectivity index (χ0n) is 17.7. The number of hydrogen-bond acceptors (Lipinski definition) is 3. The lowest BCUT2D eigenvalue weighted by Gasteiger charge is -2.15. The lowest BCUT2D eigenvalue weighted by atomic mass is 9.92. The summed E-state index contributed by atoms with van der Waals surface area (Å²) in [5.41, 5.74) is 1.78. The van der Waals surface area contributed by atoms with Crippen molar-refractivity contribution in [2.24, 2.45) is 0 Å². The highest BCUT2D eigenvalue weighted by Gasteiger charge is 2.18. The summed E-state index contributed by atoms with van der Waals surface area (Å²) in [6, 6.07) is 10.8. The van der Waals surface area contributed by atoms with Crippen LogP contribution >= 0.6 is 0 Å². The van der Waals surface area contributed by atoms with Crippen LogP contribution in [-0.2, 0) is 22.4 Å². The molecule has 0 fully saturated rings. The van der Waals surface area contributed by atoms with E-state index in [4.69, 9.17) is 9.47 Å². The third kappa shape index (κ3) is 5.28. The maximum atomic E-state index is 14.8. The van der Waals surface area contributed by atoms with Crippen LogP contribution in [0.3, 0.4) is 0 Å². The predicted octanol–water partition coefficient (Wildman–Crippen LogP) is 5.95. The summed E-state index contributed by atoms with van der Waals surface area (Å²) in [4.78, 5) is 11.4. The van der Waals surface area contributed by atoms with Crippen molar-refractivity contribution in [2.45, 2.75) is 26.7 Å². The molecule has 0 bridgehead atoms. The molecule has 0 aliphatic rings. The number of halogens is 4. The number of esters is 1. The highest BCUT2D eigenvalue weighted by atomic mass is 19.1. The van der Waals surface area contributed by atoms with Crippen molar-refractivity contribution >= 4 is 5.97 Å². The molecule has 0 aromatic heterocycles. The standard InChI is InChI=1S/C25H22F4O3/c1-3-31-24(30)14-32-23-12-11-22(28)20(25(23)29)8-7-19-15(2)18(9-10-21(19)27)16-5-4-6-17(26)13-16/h4-6,9-13H,3,7-8,14H2,1-2H3. The van der Waals surface area contributed by atoms with Gasteiger partial charge in [0.1, 0.15) is 17.5 Å². The molecule has 0 radical (unpaired) electrons. The van der Waals surface area contributed by atoms with E-state index in [1.165, 1.54) is 18.2 Å². The molecule has 0 heterocycles. The van der Waals surface area contributed by atoms with Crippen LogP contribution in [0, 0.1) is 30.2 Å². The van der Waals surface area contributed by atoms with E-state index in [9.17, 15) is 22.4 Å². The van der Waals surface area contributed by atoms with Crippen LogP contribution in [0.15, 0.2) is 48.5 Å². The Bertz CT molecular complexity index is 1130. The summed E-state index contributed by atoms with van der Waals surface area (Å²) in [7, 11) is 0. The van der Waals surface area contributed by atoms with Gasteiger partial charge in [-0.25, -0.2) is 22.4 Å². The normalized spacial score (nSPS) is 10.8. The number of hydrogen-bond donors (Lipinski definition) is 0. The van der Waals surface area contributed by atoms with Crippen LogP contribution in [0.4, 0.5) is 17.6 Å². The van der Waals surface area contributed by atoms with Gasteiger partial charge in [-0.3, -0.25) is 0 Å². The number of ether oxygens (including phenoxy) is 2. The van der Waals surface area contributed by atoms with Gasteiger partial charge in [0.25, 0.3) is 0 Å². The lowest BCUT2D eigenvalue weighted by molar-refractivity contribution is -0.145. The molecule has 3 nitrogen and oxygen atoms in total. The van der Waals surface area contributed by atoms with Crippen LogP contribution in [0.1, 0.15) is 23.6 Å². The maximum Gasteiger partial charge on any atom is 0.344 e. The third-order valence-corrected chi connectivity index (χ3v) is 5.10. The minimum atomic E-state index is -0.950. The SMILES string of the molecule is CCOC(=O)COc1ccc(F)c(CCc2c(F)ccc(-c3cccc(F)c3)c2C)c1F. The smallest absolute Gasteiger partial charge is 0.344 e. The second-order valence-corrected chi connectivity index (χ2v) is 7.14. The fourth-order valence-electron chi connectivity index (χ4n) is 3.51. The second-order valence-electron chi connectivity index (χ2n) is 7.14. The average molecular weight is 446 g/mol. The van der Waals surface area contributed by atoms with E-state index in [2.05, 4.69) is 0 Å². The Balaban J connectivity index is 1.84. The van der Waals surface area contributed by atoms with Gasteiger partial charge in [0.15, 0.2) is 18.2 Å². The van der Waals surface area contributed by atoms with Gasteiger partial charge >= 0.3 is 5.97 Å². The van der Waals surface area contributed by atoms with Crippen molar-refractivity contribution in [3.63, 3.8) is 0 Å². The van der Waals surface area contributed by atoms with Crippen LogP contribution in [0.2, 0.25) is 0 Å². The zero-order chi connectivity index (χ0) is 23.3. The summed E-state index contributed by atoms with van der Waals surface area (Å²) in [6.07, 6.45) is -0.130. The third-order valence-electron chi connectivity index (χ3n) is 5.10. The molecule has 0 amide bonds. The number of carbonyl (C=O) groups excluding carboxylic acids is 1. The molecule has 0 spiro atoms. The molecule has 0 saturated carbocycles. The first kappa shape index (κ1) is 23.3. The van der Waals surface area contributed by atoms with Crippen molar-refractivity contribution in [3.8, 4) is 16.9 Å². The first-order chi connectivity index (χ1) is 15.3. The molecule has 7 heteroatoms. The van der Waals surface area contributed by atoms with Crippen molar-refractivity contribution < 1.29 is 31.8 Å². The molecule has 3 aromatic carbocycles. The Morgan fingerprint density at radius 1 is 0.906 bits per heavy atom. The molecule has 0 atom stereocenters. The summed E-state index contributed by atoms with van der Waals surface area (Å²) in [5.74, 6) is -3.65. The van der Waals surface area contributed by atoms with Crippen LogP contribution in [-0.4, -0.2) is 19.2 Å². The molecule has 3 rings (SSSR count). The van der Waals surface area contributed by atoms with Crippen LogP contribution in [0.5, 0.6) is 5.75 Å². The molecule has 0 aliphatic heterocycles. The molecule has 0 unspecified atom stereocenters. The van der Waals surface area contributed by atoms with Gasteiger partial charge in [-0.15, -0.1) is 0 Å². The van der Waals surface area contributed by atoms with E-state index < -0.39 is 35.8 Å². The first-order valence-electron chi connectivity index (χ1n) is 10.1. The van der Waals surface area contributed by atoms with Gasteiger partial charge < -0.3 is 9.47 Å². The monoisotopic (exact) mass is 446 g/mol. The maximum absolute atomic E-state index is 14.8. The molecule has 3 aromatic rings. The lowest BCUT2D eigenvalue weighted by Crippen LogP contribution is -2.15. The van der Waals surface area contributed by atoms with Gasteiger partial charge in [-0.2, -0.15) is 0 Å². The van der Waals surface area contributed by atoms with Crippen molar-refractivity contribution in [1.29, 1.82) is 0 Å². The van der Waals surface area contributed by atoms with Crippen molar-refractivity contribution in [2.75, 3.05) is 13.2 Å². The molecular formula is C25H22F4O3. The number of carbonyl (C=O) groups is 1. The Hall–Kier alpha value is -3.35. The van der Waals surface area contributed by atoms with Gasteiger partial charge in [0.2, 0.25) is 0 Å². The fourth-order valence-corrected chi connectivity index (χ4v) is 3.51. The Kier molecular flexibility index (Phi) is 7.51. The molecule has 32 heavy (non-hydrogen) atoms. The van der Waals surface area contributed by atoms with Gasteiger partial charge in [0, 0.05) is 5.56 Å². The van der Waals surface area contributed by atoms with E-state index in [1.54, 1.807) is 32.0 Å². The van der Waals surface area contributed by atoms with Crippen LogP contribution in [0.25, 0.3) is 11.1 Å². The average Bonchev–Trinajstić information content (AvgIpc) is 2.75. The molecule has 0 N–H and O–H groups in total. The number of benzene rings is 3. The highest BCUT2D eigenvalue weighted by molar-refractivity contribution is 5.71. The Morgan fingerprint density at radius 2 is 1.59 bits per heavy atom. The van der Waals surface area contributed by atoms with Crippen molar-refractivity contribution in [1.82, 2.24) is 0 Å². The van der Waals surface area contributed by atoms with E-state index in [-0.39, 0.29) is 36.3 Å². The molecule has 0 aliphatic carbocycles.